The Bertz CT molecular complexity index is 853. The number of amides is 1. The molecule has 1 N–H and O–H groups in total. The molecular weight excluding hydrogens is 383 g/mol. The summed E-state index contributed by atoms with van der Waals surface area (Å²) in [6.45, 7) is 0. The van der Waals surface area contributed by atoms with Crippen LogP contribution < -0.4 is 5.32 Å². The Hall–Kier alpha value is -2.53. The van der Waals surface area contributed by atoms with Crippen LogP contribution in [0.5, 0.6) is 0 Å². The zero-order chi connectivity index (χ0) is 17.6. The summed E-state index contributed by atoms with van der Waals surface area (Å²) < 4.78 is 14.1. The van der Waals surface area contributed by atoms with Gasteiger partial charge in [0, 0.05) is 22.8 Å². The van der Waals surface area contributed by atoms with Gasteiger partial charge in [0.1, 0.15) is 5.82 Å². The first-order valence-electron chi connectivity index (χ1n) is 7.84. The molecule has 25 heavy (non-hydrogen) atoms. The Morgan fingerprint density at radius 3 is 2.44 bits per heavy atom. The van der Waals surface area contributed by atoms with E-state index in [0.29, 0.717) is 12.1 Å². The molecule has 5 heteroatoms. The second-order valence-corrected chi connectivity index (χ2v) is 6.45. The van der Waals surface area contributed by atoms with Gasteiger partial charge in [-0.25, -0.2) is 4.39 Å². The van der Waals surface area contributed by atoms with E-state index in [-0.39, 0.29) is 11.7 Å². The Labute approximate surface area is 154 Å². The normalized spacial score (nSPS) is 11.8. The number of hydrogen-bond acceptors (Lipinski definition) is 2. The highest BCUT2D eigenvalue weighted by molar-refractivity contribution is 9.10. The number of nitrogens with zero attached hydrogens (tertiary/aromatic N) is 1. The van der Waals surface area contributed by atoms with Crippen molar-refractivity contribution in [3.8, 4) is 0 Å². The molecule has 0 aliphatic heterocycles. The van der Waals surface area contributed by atoms with E-state index in [1.165, 1.54) is 12.1 Å². The lowest BCUT2D eigenvalue weighted by atomic mass is 9.93. The second kappa shape index (κ2) is 8.03. The zero-order valence-electron chi connectivity index (χ0n) is 13.3. The average Bonchev–Trinajstić information content (AvgIpc) is 2.63. The number of halogens is 2. The maximum atomic E-state index is 13.3. The van der Waals surface area contributed by atoms with Gasteiger partial charge in [-0.2, -0.15) is 0 Å². The van der Waals surface area contributed by atoms with Crippen LogP contribution in [0.15, 0.2) is 77.4 Å². The molecule has 3 aromatic rings. The molecule has 1 aromatic heterocycles. The summed E-state index contributed by atoms with van der Waals surface area (Å²) in [7, 11) is 0. The molecule has 0 spiro atoms. The highest BCUT2D eigenvalue weighted by Crippen LogP contribution is 2.26. The molecule has 0 fully saturated rings. The highest BCUT2D eigenvalue weighted by atomic mass is 79.9. The lowest BCUT2D eigenvalue weighted by Crippen LogP contribution is -2.23. The van der Waals surface area contributed by atoms with E-state index in [1.54, 1.807) is 18.3 Å². The number of carbonyl (C=O) groups is 1. The average molecular weight is 399 g/mol. The largest absolute Gasteiger partial charge is 0.325 e. The summed E-state index contributed by atoms with van der Waals surface area (Å²) in [6.07, 6.45) is 2.13. The van der Waals surface area contributed by atoms with Gasteiger partial charge in [0.15, 0.2) is 0 Å². The minimum absolute atomic E-state index is 0.163. The summed E-state index contributed by atoms with van der Waals surface area (Å²) in [6, 6.07) is 19.0. The number of benzene rings is 2. The predicted molar refractivity (Wildman–Crippen MR) is 99.9 cm³/mol. The Kier molecular flexibility index (Phi) is 5.56. The van der Waals surface area contributed by atoms with E-state index < -0.39 is 5.92 Å². The van der Waals surface area contributed by atoms with Gasteiger partial charge in [-0.15, -0.1) is 0 Å². The minimum Gasteiger partial charge on any atom is -0.325 e. The Morgan fingerprint density at radius 1 is 1.04 bits per heavy atom. The van der Waals surface area contributed by atoms with Gasteiger partial charge >= 0.3 is 0 Å². The quantitative estimate of drug-likeness (QED) is 0.660. The highest BCUT2D eigenvalue weighted by Gasteiger charge is 2.22. The van der Waals surface area contributed by atoms with Crippen LogP contribution in [0.3, 0.4) is 0 Å². The molecule has 0 saturated heterocycles. The van der Waals surface area contributed by atoms with E-state index in [2.05, 4.69) is 26.2 Å². The van der Waals surface area contributed by atoms with Crippen LogP contribution in [0.1, 0.15) is 17.2 Å². The summed E-state index contributed by atoms with van der Waals surface area (Å²) in [5.74, 6) is -0.960. The van der Waals surface area contributed by atoms with Crippen LogP contribution >= 0.6 is 15.9 Å². The molecule has 0 saturated carbocycles. The van der Waals surface area contributed by atoms with E-state index in [9.17, 15) is 9.18 Å². The van der Waals surface area contributed by atoms with Crippen molar-refractivity contribution in [1.29, 1.82) is 0 Å². The van der Waals surface area contributed by atoms with Crippen molar-refractivity contribution in [3.63, 3.8) is 0 Å². The van der Waals surface area contributed by atoms with E-state index in [1.807, 2.05) is 42.5 Å². The molecule has 1 atom stereocenters. The molecule has 3 nitrogen and oxygen atoms in total. The summed E-state index contributed by atoms with van der Waals surface area (Å²) in [5.41, 5.74) is 2.25. The number of para-hydroxylation sites is 1. The summed E-state index contributed by atoms with van der Waals surface area (Å²) >= 11 is 3.43. The fraction of sp³-hybridized carbons (Fsp3) is 0.100. The summed E-state index contributed by atoms with van der Waals surface area (Å²) in [5, 5.41) is 2.94. The molecular formula is C20H16BrFN2O. The van der Waals surface area contributed by atoms with Gasteiger partial charge in [-0.05, 0) is 57.9 Å². The molecule has 126 valence electrons. The maximum Gasteiger partial charge on any atom is 0.232 e. The second-order valence-electron chi connectivity index (χ2n) is 5.60. The molecule has 0 radical (unpaired) electrons. The van der Waals surface area contributed by atoms with Gasteiger partial charge < -0.3 is 5.32 Å². The predicted octanol–water partition coefficient (Wildman–Crippen LogP) is 4.95. The molecule has 2 aromatic carbocycles. The lowest BCUT2D eigenvalue weighted by Gasteiger charge is -2.18. The Morgan fingerprint density at radius 2 is 1.76 bits per heavy atom. The standard InChI is InChI=1S/C20H16BrFN2O/c21-18-6-1-2-7-19(18)24-20(25)17(13-16-5-3-4-12-23-16)14-8-10-15(22)11-9-14/h1-12,17H,13H2,(H,24,25). The first-order chi connectivity index (χ1) is 12.1. The van der Waals surface area contributed by atoms with Gasteiger partial charge in [-0.3, -0.25) is 9.78 Å². The minimum atomic E-state index is -0.470. The first kappa shape index (κ1) is 17.3. The van der Waals surface area contributed by atoms with Crippen molar-refractivity contribution in [2.24, 2.45) is 0 Å². The molecule has 3 rings (SSSR count). The number of nitrogens with one attached hydrogen (secondary N) is 1. The van der Waals surface area contributed by atoms with Crippen molar-refractivity contribution in [2.75, 3.05) is 5.32 Å². The Balaban J connectivity index is 1.88. The number of rotatable bonds is 5. The van der Waals surface area contributed by atoms with E-state index in [0.717, 1.165) is 15.7 Å². The first-order valence-corrected chi connectivity index (χ1v) is 8.63. The van der Waals surface area contributed by atoms with E-state index in [4.69, 9.17) is 0 Å². The third-order valence-electron chi connectivity index (χ3n) is 3.86. The number of anilines is 1. The topological polar surface area (TPSA) is 42.0 Å². The van der Waals surface area contributed by atoms with Crippen molar-refractivity contribution in [1.82, 2.24) is 4.98 Å². The number of carbonyl (C=O) groups excluding carboxylic acids is 1. The number of pyridine rings is 1. The van der Waals surface area contributed by atoms with Crippen molar-refractivity contribution >= 4 is 27.5 Å². The number of hydrogen-bond donors (Lipinski definition) is 1. The molecule has 0 bridgehead atoms. The van der Waals surface area contributed by atoms with Crippen LogP contribution in [0.25, 0.3) is 0 Å². The molecule has 0 aliphatic rings. The van der Waals surface area contributed by atoms with Gasteiger partial charge in [0.25, 0.3) is 0 Å². The van der Waals surface area contributed by atoms with Gasteiger partial charge in [-0.1, -0.05) is 30.3 Å². The lowest BCUT2D eigenvalue weighted by molar-refractivity contribution is -0.117. The van der Waals surface area contributed by atoms with Gasteiger partial charge in [0.2, 0.25) is 5.91 Å². The van der Waals surface area contributed by atoms with Crippen molar-refractivity contribution < 1.29 is 9.18 Å². The maximum absolute atomic E-state index is 13.3. The van der Waals surface area contributed by atoms with Gasteiger partial charge in [0.05, 0.1) is 11.6 Å². The smallest absolute Gasteiger partial charge is 0.232 e. The fourth-order valence-electron chi connectivity index (χ4n) is 2.57. The third kappa shape index (κ3) is 4.51. The van der Waals surface area contributed by atoms with Crippen LogP contribution in [0.4, 0.5) is 10.1 Å². The van der Waals surface area contributed by atoms with E-state index >= 15 is 0 Å². The van der Waals surface area contributed by atoms with Crippen molar-refractivity contribution in [3.05, 3.63) is 94.5 Å². The molecule has 1 amide bonds. The fourth-order valence-corrected chi connectivity index (χ4v) is 2.95. The summed E-state index contributed by atoms with van der Waals surface area (Å²) in [4.78, 5) is 17.2. The van der Waals surface area contributed by atoms with Crippen LogP contribution in [0.2, 0.25) is 0 Å². The van der Waals surface area contributed by atoms with Crippen LogP contribution in [-0.4, -0.2) is 10.9 Å². The van der Waals surface area contributed by atoms with Crippen molar-refractivity contribution in [2.45, 2.75) is 12.3 Å². The molecule has 0 aliphatic carbocycles. The molecule has 1 unspecified atom stereocenters. The zero-order valence-corrected chi connectivity index (χ0v) is 14.9. The monoisotopic (exact) mass is 398 g/mol. The molecule has 1 heterocycles. The third-order valence-corrected chi connectivity index (χ3v) is 4.55. The number of aromatic nitrogens is 1. The SMILES string of the molecule is O=C(Nc1ccccc1Br)C(Cc1ccccn1)c1ccc(F)cc1. The van der Waals surface area contributed by atoms with Crippen LogP contribution in [0, 0.1) is 5.82 Å². The van der Waals surface area contributed by atoms with Crippen LogP contribution in [-0.2, 0) is 11.2 Å².